The van der Waals surface area contributed by atoms with Crippen LogP contribution >= 0.6 is 0 Å². The number of carbonyl (C=O) groups is 1. The zero-order valence-electron chi connectivity index (χ0n) is 16.8. The lowest BCUT2D eigenvalue weighted by atomic mass is 10.0. The molecule has 0 radical (unpaired) electrons. The molecule has 0 heterocycles. The summed E-state index contributed by atoms with van der Waals surface area (Å²) in [6, 6.07) is 16.1. The molecule has 1 amide bonds. The highest BCUT2D eigenvalue weighted by Crippen LogP contribution is 2.27. The fourth-order valence-electron chi connectivity index (χ4n) is 2.88. The van der Waals surface area contributed by atoms with Crippen LogP contribution in [0.4, 0.5) is 0 Å². The van der Waals surface area contributed by atoms with E-state index in [4.69, 9.17) is 9.47 Å². The quantitative estimate of drug-likeness (QED) is 0.616. The summed E-state index contributed by atoms with van der Waals surface area (Å²) < 4.78 is 11.1. The van der Waals surface area contributed by atoms with Crippen LogP contribution in [0.2, 0.25) is 0 Å². The SMILES string of the molecule is CC[C@H](Oc1ccccc1OC)C(=O)NCCCc1ccc(C(C)C)cc1. The van der Waals surface area contributed by atoms with Crippen molar-refractivity contribution in [3.63, 3.8) is 0 Å². The predicted molar refractivity (Wildman–Crippen MR) is 110 cm³/mol. The van der Waals surface area contributed by atoms with Gasteiger partial charge in [0, 0.05) is 6.54 Å². The molecule has 0 unspecified atom stereocenters. The van der Waals surface area contributed by atoms with Gasteiger partial charge >= 0.3 is 0 Å². The Hall–Kier alpha value is -2.49. The molecule has 0 bridgehead atoms. The maximum atomic E-state index is 12.4. The lowest BCUT2D eigenvalue weighted by Crippen LogP contribution is -2.38. The van der Waals surface area contributed by atoms with Gasteiger partial charge in [-0.2, -0.15) is 0 Å². The van der Waals surface area contributed by atoms with Crippen molar-refractivity contribution < 1.29 is 14.3 Å². The average molecular weight is 370 g/mol. The van der Waals surface area contributed by atoms with Crippen molar-refractivity contribution in [2.75, 3.05) is 13.7 Å². The summed E-state index contributed by atoms with van der Waals surface area (Å²) in [5, 5.41) is 2.99. The van der Waals surface area contributed by atoms with E-state index in [9.17, 15) is 4.79 Å². The molecule has 0 saturated heterocycles. The first-order chi connectivity index (χ1) is 13.0. The number of ether oxygens (including phenoxy) is 2. The number of para-hydroxylation sites is 2. The van der Waals surface area contributed by atoms with Crippen molar-refractivity contribution >= 4 is 5.91 Å². The standard InChI is InChI=1S/C23H31NO3/c1-5-20(27-22-11-7-6-10-21(22)26-4)23(25)24-16-8-9-18-12-14-19(15-13-18)17(2)3/h6-7,10-15,17,20H,5,8-9,16H2,1-4H3,(H,24,25)/t20-/m0/s1. The zero-order chi connectivity index (χ0) is 19.6. The summed E-state index contributed by atoms with van der Waals surface area (Å²) >= 11 is 0. The second-order valence-electron chi connectivity index (χ2n) is 6.96. The van der Waals surface area contributed by atoms with E-state index in [1.807, 2.05) is 31.2 Å². The lowest BCUT2D eigenvalue weighted by molar-refractivity contribution is -0.128. The molecule has 0 spiro atoms. The van der Waals surface area contributed by atoms with Crippen molar-refractivity contribution in [2.45, 2.75) is 52.1 Å². The molecule has 0 saturated carbocycles. The normalized spacial score (nSPS) is 11.9. The molecule has 2 aromatic rings. The van der Waals surface area contributed by atoms with E-state index in [2.05, 4.69) is 43.4 Å². The summed E-state index contributed by atoms with van der Waals surface area (Å²) in [7, 11) is 1.59. The Labute approximate surface area is 162 Å². The monoisotopic (exact) mass is 369 g/mol. The summed E-state index contributed by atoms with van der Waals surface area (Å²) in [6.07, 6.45) is 1.92. The van der Waals surface area contributed by atoms with Crippen LogP contribution in [0.25, 0.3) is 0 Å². The minimum absolute atomic E-state index is 0.0847. The van der Waals surface area contributed by atoms with Gasteiger partial charge in [0.1, 0.15) is 0 Å². The van der Waals surface area contributed by atoms with Crippen molar-refractivity contribution in [1.29, 1.82) is 0 Å². The maximum absolute atomic E-state index is 12.4. The smallest absolute Gasteiger partial charge is 0.261 e. The third kappa shape index (κ3) is 6.31. The van der Waals surface area contributed by atoms with Gasteiger partial charge in [0.2, 0.25) is 0 Å². The van der Waals surface area contributed by atoms with Crippen molar-refractivity contribution in [3.8, 4) is 11.5 Å². The van der Waals surface area contributed by atoms with Crippen LogP contribution in [0.1, 0.15) is 50.7 Å². The summed E-state index contributed by atoms with van der Waals surface area (Å²) in [6.45, 7) is 6.97. The molecular weight excluding hydrogens is 338 g/mol. The highest BCUT2D eigenvalue weighted by Gasteiger charge is 2.19. The molecule has 0 aliphatic rings. The van der Waals surface area contributed by atoms with Gasteiger partial charge in [0.15, 0.2) is 17.6 Å². The summed E-state index contributed by atoms with van der Waals surface area (Å²) in [4.78, 5) is 12.4. The third-order valence-electron chi connectivity index (χ3n) is 4.59. The van der Waals surface area contributed by atoms with Crippen LogP contribution < -0.4 is 14.8 Å². The van der Waals surface area contributed by atoms with E-state index in [0.29, 0.717) is 30.4 Å². The molecule has 2 aromatic carbocycles. The predicted octanol–water partition coefficient (Wildman–Crippen LogP) is 4.73. The highest BCUT2D eigenvalue weighted by atomic mass is 16.5. The first-order valence-corrected chi connectivity index (χ1v) is 9.71. The van der Waals surface area contributed by atoms with Gasteiger partial charge in [-0.15, -0.1) is 0 Å². The minimum atomic E-state index is -0.522. The van der Waals surface area contributed by atoms with E-state index in [1.165, 1.54) is 11.1 Å². The van der Waals surface area contributed by atoms with E-state index < -0.39 is 6.10 Å². The van der Waals surface area contributed by atoms with Gasteiger partial charge in [-0.1, -0.05) is 57.2 Å². The number of hydrogen-bond acceptors (Lipinski definition) is 3. The van der Waals surface area contributed by atoms with Crippen molar-refractivity contribution in [3.05, 3.63) is 59.7 Å². The van der Waals surface area contributed by atoms with Gasteiger partial charge in [0.25, 0.3) is 5.91 Å². The second-order valence-corrected chi connectivity index (χ2v) is 6.96. The Morgan fingerprint density at radius 3 is 2.30 bits per heavy atom. The molecule has 146 valence electrons. The van der Waals surface area contributed by atoms with Crippen LogP contribution in [-0.2, 0) is 11.2 Å². The lowest BCUT2D eigenvalue weighted by Gasteiger charge is -2.18. The van der Waals surface area contributed by atoms with Crippen LogP contribution in [0.15, 0.2) is 48.5 Å². The number of nitrogens with one attached hydrogen (secondary N) is 1. The maximum Gasteiger partial charge on any atom is 0.261 e. The molecular formula is C23H31NO3. The van der Waals surface area contributed by atoms with Crippen LogP contribution in [0, 0.1) is 0 Å². The first kappa shape index (κ1) is 20.8. The summed E-state index contributed by atoms with van der Waals surface area (Å²) in [5.74, 6) is 1.69. The molecule has 0 aliphatic carbocycles. The largest absolute Gasteiger partial charge is 0.493 e. The van der Waals surface area contributed by atoms with Crippen molar-refractivity contribution in [1.82, 2.24) is 5.32 Å². The Bertz CT molecular complexity index is 710. The molecule has 2 rings (SSSR count). The van der Waals surface area contributed by atoms with Crippen LogP contribution in [-0.4, -0.2) is 25.7 Å². The van der Waals surface area contributed by atoms with Crippen molar-refractivity contribution in [2.24, 2.45) is 0 Å². The molecule has 0 aromatic heterocycles. The van der Waals surface area contributed by atoms with Crippen LogP contribution in [0.5, 0.6) is 11.5 Å². The molecule has 1 atom stereocenters. The molecule has 4 nitrogen and oxygen atoms in total. The fraction of sp³-hybridized carbons (Fsp3) is 0.435. The van der Waals surface area contributed by atoms with E-state index in [-0.39, 0.29) is 5.91 Å². The Balaban J connectivity index is 1.79. The molecule has 4 heteroatoms. The number of carbonyl (C=O) groups excluding carboxylic acids is 1. The van der Waals surface area contributed by atoms with E-state index in [0.717, 1.165) is 12.8 Å². The zero-order valence-corrected chi connectivity index (χ0v) is 16.8. The number of amides is 1. The van der Waals surface area contributed by atoms with Gasteiger partial charge in [-0.05, 0) is 48.4 Å². The highest BCUT2D eigenvalue weighted by molar-refractivity contribution is 5.81. The second kappa shape index (κ2) is 10.6. The Morgan fingerprint density at radius 2 is 1.70 bits per heavy atom. The molecule has 1 N–H and O–H groups in total. The average Bonchev–Trinajstić information content (AvgIpc) is 2.69. The Morgan fingerprint density at radius 1 is 1.04 bits per heavy atom. The summed E-state index contributed by atoms with van der Waals surface area (Å²) in [5.41, 5.74) is 2.65. The van der Waals surface area contributed by atoms with Gasteiger partial charge in [-0.25, -0.2) is 0 Å². The van der Waals surface area contributed by atoms with E-state index >= 15 is 0 Å². The Kier molecular flexibility index (Phi) is 8.18. The van der Waals surface area contributed by atoms with Gasteiger partial charge in [-0.3, -0.25) is 4.79 Å². The molecule has 0 fully saturated rings. The van der Waals surface area contributed by atoms with Crippen LogP contribution in [0.3, 0.4) is 0 Å². The van der Waals surface area contributed by atoms with Gasteiger partial charge < -0.3 is 14.8 Å². The number of hydrogen-bond donors (Lipinski definition) is 1. The fourth-order valence-corrected chi connectivity index (χ4v) is 2.88. The van der Waals surface area contributed by atoms with Gasteiger partial charge in [0.05, 0.1) is 7.11 Å². The number of aryl methyl sites for hydroxylation is 1. The molecule has 0 aliphatic heterocycles. The van der Waals surface area contributed by atoms with E-state index in [1.54, 1.807) is 7.11 Å². The third-order valence-corrected chi connectivity index (χ3v) is 4.59. The molecule has 27 heavy (non-hydrogen) atoms. The topological polar surface area (TPSA) is 47.6 Å². The first-order valence-electron chi connectivity index (χ1n) is 9.71. The number of benzene rings is 2. The number of rotatable bonds is 10. The minimum Gasteiger partial charge on any atom is -0.493 e. The number of methoxy groups -OCH3 is 1.